The second-order valence-electron chi connectivity index (χ2n) is 8.99. The normalized spacial score (nSPS) is 17.2. The van der Waals surface area contributed by atoms with Crippen LogP contribution in [0.2, 0.25) is 5.02 Å². The summed E-state index contributed by atoms with van der Waals surface area (Å²) < 4.78 is 5.71. The van der Waals surface area contributed by atoms with Gasteiger partial charge in [0.25, 0.3) is 5.91 Å². The first-order valence-electron chi connectivity index (χ1n) is 12.6. The van der Waals surface area contributed by atoms with Crippen molar-refractivity contribution in [2.24, 2.45) is 0 Å². The number of hydrogen-bond donors (Lipinski definition) is 2. The van der Waals surface area contributed by atoms with E-state index in [2.05, 4.69) is 11.9 Å². The average molecular weight is 562 g/mol. The Morgan fingerprint density at radius 1 is 1.34 bits per heavy atom. The summed E-state index contributed by atoms with van der Waals surface area (Å²) >= 11 is 5.94. The molecule has 10 nitrogen and oxygen atoms in total. The first-order valence-corrected chi connectivity index (χ1v) is 12.9. The second-order valence-corrected chi connectivity index (χ2v) is 9.42. The molecule has 1 aromatic rings. The number of nitrogens with zero attached hydrogens (tertiary/aromatic N) is 2. The van der Waals surface area contributed by atoms with Gasteiger partial charge in [-0.25, -0.2) is 9.79 Å². The van der Waals surface area contributed by atoms with Crippen LogP contribution in [0.1, 0.15) is 59.9 Å². The average Bonchev–Trinajstić information content (AvgIpc) is 3.69. The van der Waals surface area contributed by atoms with Crippen molar-refractivity contribution in [2.75, 3.05) is 40.3 Å². The van der Waals surface area contributed by atoms with Crippen LogP contribution in [0.5, 0.6) is 0 Å². The fourth-order valence-corrected chi connectivity index (χ4v) is 3.13. The Balaban J connectivity index is 0. The summed E-state index contributed by atoms with van der Waals surface area (Å²) in [6.45, 7) is 16.8. The monoisotopic (exact) mass is 561 g/mol. The lowest BCUT2D eigenvalue weighted by atomic mass is 10.0. The Labute approximate surface area is 233 Å². The van der Waals surface area contributed by atoms with Gasteiger partial charge in [0.05, 0.1) is 24.9 Å². The molecule has 11 heteroatoms. The molecule has 2 aliphatic rings. The molecule has 1 amide bonds. The van der Waals surface area contributed by atoms with Crippen LogP contribution < -0.4 is 5.32 Å². The molecule has 1 aromatic carbocycles. The largest absolute Gasteiger partial charge is 0.412 e. The molecule has 4 N–H and O–H groups in total. The van der Waals surface area contributed by atoms with Gasteiger partial charge >= 0.3 is 0 Å². The van der Waals surface area contributed by atoms with Gasteiger partial charge in [0.1, 0.15) is 6.29 Å². The summed E-state index contributed by atoms with van der Waals surface area (Å²) in [5.74, 6) is -1.59. The van der Waals surface area contributed by atoms with Gasteiger partial charge in [0.15, 0.2) is 0 Å². The molecule has 0 aromatic heterocycles. The summed E-state index contributed by atoms with van der Waals surface area (Å²) in [7, 11) is 3.53. The number of carbonyl (C=O) groups is 2. The van der Waals surface area contributed by atoms with Crippen molar-refractivity contribution in [1.82, 2.24) is 15.1 Å². The zero-order valence-electron chi connectivity index (χ0n) is 24.2. The van der Waals surface area contributed by atoms with Gasteiger partial charge in [-0.1, -0.05) is 44.2 Å². The number of aliphatic hydroxyl groups is 1. The van der Waals surface area contributed by atoms with Gasteiger partial charge in [-0.2, -0.15) is 4.89 Å². The Morgan fingerprint density at radius 3 is 2.29 bits per heavy atom. The molecule has 1 saturated carbocycles. The fraction of sp³-hybridized carbons (Fsp3) is 0.630. The van der Waals surface area contributed by atoms with Gasteiger partial charge in [0.2, 0.25) is 5.91 Å². The third-order valence-electron chi connectivity index (χ3n) is 5.22. The predicted molar refractivity (Wildman–Crippen MR) is 150 cm³/mol. The molecule has 1 atom stereocenters. The first-order chi connectivity index (χ1) is 17.4. The van der Waals surface area contributed by atoms with Crippen molar-refractivity contribution in [3.8, 4) is 0 Å². The molecule has 220 valence electrons. The molecule has 1 saturated heterocycles. The van der Waals surface area contributed by atoms with Gasteiger partial charge in [-0.15, -0.1) is 0 Å². The van der Waals surface area contributed by atoms with Gasteiger partial charge < -0.3 is 30.3 Å². The summed E-state index contributed by atoms with van der Waals surface area (Å²) in [5, 5.41) is 14.7. The highest BCUT2D eigenvalue weighted by Gasteiger charge is 2.45. The van der Waals surface area contributed by atoms with Crippen LogP contribution in [0.15, 0.2) is 36.5 Å². The highest BCUT2D eigenvalue weighted by atomic mass is 35.5. The van der Waals surface area contributed by atoms with E-state index < -0.39 is 5.91 Å². The minimum absolute atomic E-state index is 0. The number of likely N-dealkylation sites (N-methyl/N-ethyl adjacent to an activating group) is 2. The van der Waals surface area contributed by atoms with E-state index in [1.165, 1.54) is 13.8 Å². The Hall–Kier alpha value is -2.05. The molecular formula is C27H48ClN3O7. The molecule has 0 radical (unpaired) electrons. The lowest BCUT2D eigenvalue weighted by Crippen LogP contribution is -2.58. The summed E-state index contributed by atoms with van der Waals surface area (Å²) in [5.41, 5.74) is 1.08. The molecular weight excluding hydrogens is 514 g/mol. The molecule has 2 fully saturated rings. The minimum atomic E-state index is -1.64. The van der Waals surface area contributed by atoms with Crippen molar-refractivity contribution in [3.63, 3.8) is 0 Å². The molecule has 1 heterocycles. The van der Waals surface area contributed by atoms with E-state index in [-0.39, 0.29) is 23.1 Å². The third-order valence-corrected chi connectivity index (χ3v) is 5.47. The predicted octanol–water partition coefficient (Wildman–Crippen LogP) is 3.27. The smallest absolute Gasteiger partial charge is 0.285 e. The van der Waals surface area contributed by atoms with Crippen LogP contribution in [0.4, 0.5) is 0 Å². The minimum Gasteiger partial charge on any atom is -0.412 e. The van der Waals surface area contributed by atoms with Crippen LogP contribution in [-0.2, 0) is 30.0 Å². The number of morpholine rings is 1. The topological polar surface area (TPSA) is 132 Å². The van der Waals surface area contributed by atoms with Crippen LogP contribution in [-0.4, -0.2) is 84.6 Å². The number of benzene rings is 1. The molecule has 1 unspecified atom stereocenters. The number of aldehydes is 1. The summed E-state index contributed by atoms with van der Waals surface area (Å²) in [4.78, 5) is 33.7. The van der Waals surface area contributed by atoms with Crippen LogP contribution in [0, 0.1) is 0 Å². The highest BCUT2D eigenvalue weighted by Crippen LogP contribution is 2.35. The SMILES string of the molecule is C=C(CN(C)C(C)=O)NC.CC.CC1(C)CN(C(O)(OOC2CC2)c2ccc(Cl)cc2)CCO1.CC=O.O. The molecule has 38 heavy (non-hydrogen) atoms. The zero-order chi connectivity index (χ0) is 28.6. The van der Waals surface area contributed by atoms with Crippen LogP contribution in [0.3, 0.4) is 0 Å². The quantitative estimate of drug-likeness (QED) is 0.214. The number of nitrogens with one attached hydrogen (secondary N) is 1. The Morgan fingerprint density at radius 2 is 1.87 bits per heavy atom. The van der Waals surface area contributed by atoms with E-state index in [0.717, 1.165) is 24.8 Å². The van der Waals surface area contributed by atoms with E-state index in [4.69, 9.17) is 30.9 Å². The molecule has 1 aliphatic heterocycles. The van der Waals surface area contributed by atoms with Crippen molar-refractivity contribution in [1.29, 1.82) is 0 Å². The van der Waals surface area contributed by atoms with E-state index in [1.54, 1.807) is 43.3 Å². The zero-order valence-corrected chi connectivity index (χ0v) is 24.9. The molecule has 0 bridgehead atoms. The number of ether oxygens (including phenoxy) is 1. The summed E-state index contributed by atoms with van der Waals surface area (Å²) in [6.07, 6.45) is 2.75. The van der Waals surface area contributed by atoms with Crippen molar-refractivity contribution >= 4 is 23.8 Å². The van der Waals surface area contributed by atoms with E-state index >= 15 is 0 Å². The lowest BCUT2D eigenvalue weighted by molar-refractivity contribution is -0.480. The van der Waals surface area contributed by atoms with Gasteiger partial charge in [0, 0.05) is 50.4 Å². The maximum atomic E-state index is 11.2. The molecule has 3 rings (SSSR count). The maximum Gasteiger partial charge on any atom is 0.285 e. The third kappa shape index (κ3) is 14.2. The van der Waals surface area contributed by atoms with Gasteiger partial charge in [-0.05, 0) is 45.7 Å². The first kappa shape index (κ1) is 38.1. The molecule has 0 spiro atoms. The van der Waals surface area contributed by atoms with Crippen LogP contribution in [0.25, 0.3) is 0 Å². The van der Waals surface area contributed by atoms with E-state index in [0.29, 0.717) is 36.8 Å². The standard InChI is InChI=1S/C16H22ClNO4.C7H14N2O.C2H4O.C2H6.H2O/c1-15(2)11-18(9-10-20-15)16(19,22-21-14-7-8-14)12-3-5-13(17)6-4-12;1-6(8-3)5-9(4)7(2)10;1-2-3;1-2;/h3-6,14,19H,7-11H2,1-2H3;8H,1,5H2,2-4H3;2H,1H3;1-2H3;1H2. The number of rotatable bonds is 8. The van der Waals surface area contributed by atoms with Crippen molar-refractivity contribution in [2.45, 2.75) is 72.0 Å². The van der Waals surface area contributed by atoms with Crippen LogP contribution >= 0.6 is 11.6 Å². The van der Waals surface area contributed by atoms with E-state index in [9.17, 15) is 9.90 Å². The van der Waals surface area contributed by atoms with E-state index in [1.807, 2.05) is 32.6 Å². The fourth-order valence-electron chi connectivity index (χ4n) is 3.00. The highest BCUT2D eigenvalue weighted by molar-refractivity contribution is 6.30. The number of hydrogen-bond acceptors (Lipinski definition) is 8. The van der Waals surface area contributed by atoms with Crippen molar-refractivity contribution < 1.29 is 34.7 Å². The number of halogens is 1. The maximum absolute atomic E-state index is 11.2. The molecule has 1 aliphatic carbocycles. The van der Waals surface area contributed by atoms with Crippen molar-refractivity contribution in [3.05, 3.63) is 47.1 Å². The second kappa shape index (κ2) is 19.1. The number of carbonyl (C=O) groups excluding carboxylic acids is 2. The summed E-state index contributed by atoms with van der Waals surface area (Å²) in [6, 6.07) is 6.96. The van der Waals surface area contributed by atoms with Gasteiger partial charge in [-0.3, -0.25) is 4.79 Å². The number of amides is 1. The Bertz CT molecular complexity index is 819. The lowest BCUT2D eigenvalue weighted by Gasteiger charge is -2.45. The Kier molecular flexibility index (Phi) is 19.1.